The summed E-state index contributed by atoms with van der Waals surface area (Å²) in [5, 5.41) is 3.69. The van der Waals surface area contributed by atoms with Crippen molar-refractivity contribution < 1.29 is 9.53 Å². The lowest BCUT2D eigenvalue weighted by molar-refractivity contribution is 0.102. The maximum absolute atomic E-state index is 13.7. The van der Waals surface area contributed by atoms with Gasteiger partial charge in [-0.1, -0.05) is 43.7 Å². The first kappa shape index (κ1) is 21.3. The molecule has 32 heavy (non-hydrogen) atoms. The number of pyridine rings is 2. The largest absolute Gasteiger partial charge is 0.497 e. The molecule has 0 aliphatic heterocycles. The Kier molecular flexibility index (Phi) is 6.31. The molecule has 2 aromatic carbocycles. The molecule has 0 radical (unpaired) electrons. The Labute approximate surface area is 186 Å². The van der Waals surface area contributed by atoms with Crippen LogP contribution in [-0.2, 0) is 6.54 Å². The summed E-state index contributed by atoms with van der Waals surface area (Å²) in [6.45, 7) is 2.60. The van der Waals surface area contributed by atoms with Crippen LogP contribution in [-0.4, -0.2) is 22.6 Å². The van der Waals surface area contributed by atoms with Crippen LogP contribution in [0.3, 0.4) is 0 Å². The maximum Gasteiger partial charge on any atom is 0.276 e. The second kappa shape index (κ2) is 9.47. The van der Waals surface area contributed by atoms with Crippen molar-refractivity contribution in [1.82, 2.24) is 9.55 Å². The first-order valence-electron chi connectivity index (χ1n) is 10.7. The number of ether oxygens (including phenoxy) is 1. The van der Waals surface area contributed by atoms with E-state index in [9.17, 15) is 9.59 Å². The van der Waals surface area contributed by atoms with Crippen LogP contribution in [0.5, 0.6) is 5.75 Å². The van der Waals surface area contributed by atoms with E-state index in [0.29, 0.717) is 29.1 Å². The molecule has 4 rings (SSSR count). The van der Waals surface area contributed by atoms with Crippen LogP contribution >= 0.6 is 0 Å². The quantitative estimate of drug-likeness (QED) is 0.444. The maximum atomic E-state index is 13.7. The van der Waals surface area contributed by atoms with E-state index in [-0.39, 0.29) is 17.2 Å². The van der Waals surface area contributed by atoms with Crippen molar-refractivity contribution >= 4 is 22.6 Å². The average molecular weight is 428 g/mol. The summed E-state index contributed by atoms with van der Waals surface area (Å²) in [4.78, 5) is 31.2. The molecule has 0 unspecified atom stereocenters. The Hall–Kier alpha value is -3.93. The highest BCUT2D eigenvalue weighted by atomic mass is 16.5. The van der Waals surface area contributed by atoms with Gasteiger partial charge in [-0.2, -0.15) is 0 Å². The standard InChI is InChI=1S/C26H25N3O3/c1-3-4-16-29-24-21(14-9-15-27-24)22(19-12-8-13-20(17-19)32-2)23(26(29)31)28-25(30)18-10-6-5-7-11-18/h5-15,17H,3-4,16H2,1-2H3,(H,28,30). The Morgan fingerprint density at radius 2 is 1.88 bits per heavy atom. The van der Waals surface area contributed by atoms with Crippen LogP contribution in [0.2, 0.25) is 0 Å². The third-order valence-corrected chi connectivity index (χ3v) is 5.39. The number of hydrogen-bond acceptors (Lipinski definition) is 4. The molecule has 0 saturated heterocycles. The summed E-state index contributed by atoms with van der Waals surface area (Å²) >= 11 is 0. The zero-order chi connectivity index (χ0) is 22.5. The lowest BCUT2D eigenvalue weighted by Gasteiger charge is -2.18. The zero-order valence-corrected chi connectivity index (χ0v) is 18.2. The molecular formula is C26H25N3O3. The molecule has 162 valence electrons. The summed E-state index contributed by atoms with van der Waals surface area (Å²) in [6, 6.07) is 20.1. The fraction of sp³-hybridized carbons (Fsp3) is 0.192. The summed E-state index contributed by atoms with van der Waals surface area (Å²) < 4.78 is 7.06. The van der Waals surface area contributed by atoms with Crippen LogP contribution in [0.25, 0.3) is 22.2 Å². The van der Waals surface area contributed by atoms with Crippen molar-refractivity contribution in [2.45, 2.75) is 26.3 Å². The minimum atomic E-state index is -0.336. The number of methoxy groups -OCH3 is 1. The molecule has 6 heteroatoms. The highest BCUT2D eigenvalue weighted by molar-refractivity contribution is 6.09. The second-order valence-electron chi connectivity index (χ2n) is 7.49. The predicted molar refractivity (Wildman–Crippen MR) is 127 cm³/mol. The zero-order valence-electron chi connectivity index (χ0n) is 18.2. The van der Waals surface area contributed by atoms with Crippen molar-refractivity contribution in [2.75, 3.05) is 12.4 Å². The molecule has 0 saturated carbocycles. The molecule has 0 bridgehead atoms. The van der Waals surface area contributed by atoms with E-state index >= 15 is 0 Å². The number of rotatable bonds is 7. The molecule has 1 N–H and O–H groups in total. The van der Waals surface area contributed by atoms with E-state index in [1.165, 1.54) is 0 Å². The SMILES string of the molecule is CCCCn1c(=O)c(NC(=O)c2ccccc2)c(-c2cccc(OC)c2)c2cccnc21. The molecule has 6 nitrogen and oxygen atoms in total. The molecule has 0 fully saturated rings. The van der Waals surface area contributed by atoms with Gasteiger partial charge in [0.2, 0.25) is 0 Å². The number of fused-ring (bicyclic) bond motifs is 1. The van der Waals surface area contributed by atoms with E-state index in [1.807, 2.05) is 42.5 Å². The van der Waals surface area contributed by atoms with Gasteiger partial charge in [0, 0.05) is 29.3 Å². The number of benzene rings is 2. The van der Waals surface area contributed by atoms with E-state index < -0.39 is 0 Å². The van der Waals surface area contributed by atoms with E-state index in [2.05, 4.69) is 17.2 Å². The lowest BCUT2D eigenvalue weighted by atomic mass is 9.99. The Bertz CT molecular complexity index is 1310. The van der Waals surface area contributed by atoms with Crippen LogP contribution < -0.4 is 15.6 Å². The number of anilines is 1. The number of nitrogens with one attached hydrogen (secondary N) is 1. The first-order chi connectivity index (χ1) is 15.6. The van der Waals surface area contributed by atoms with Crippen LogP contribution in [0.4, 0.5) is 5.69 Å². The second-order valence-corrected chi connectivity index (χ2v) is 7.49. The van der Waals surface area contributed by atoms with Crippen LogP contribution in [0, 0.1) is 0 Å². The van der Waals surface area contributed by atoms with Crippen LogP contribution in [0.15, 0.2) is 77.7 Å². The van der Waals surface area contributed by atoms with Crippen molar-refractivity contribution in [3.63, 3.8) is 0 Å². The number of carbonyl (C=O) groups is 1. The topological polar surface area (TPSA) is 73.2 Å². The molecule has 1 amide bonds. The van der Waals surface area contributed by atoms with Gasteiger partial charge in [-0.25, -0.2) is 4.98 Å². The minimum Gasteiger partial charge on any atom is -0.497 e. The third kappa shape index (κ3) is 4.12. The van der Waals surface area contributed by atoms with Gasteiger partial charge in [0.25, 0.3) is 11.5 Å². The molecular weight excluding hydrogens is 402 g/mol. The molecule has 0 aliphatic rings. The summed E-state index contributed by atoms with van der Waals surface area (Å²) in [6.07, 6.45) is 3.45. The fourth-order valence-electron chi connectivity index (χ4n) is 3.77. The van der Waals surface area contributed by atoms with Gasteiger partial charge in [-0.15, -0.1) is 0 Å². The molecule has 4 aromatic rings. The number of hydrogen-bond donors (Lipinski definition) is 1. The summed E-state index contributed by atoms with van der Waals surface area (Å²) in [7, 11) is 1.60. The number of aromatic nitrogens is 2. The smallest absolute Gasteiger partial charge is 0.276 e. The molecule has 0 spiro atoms. The highest BCUT2D eigenvalue weighted by Crippen LogP contribution is 2.34. The normalized spacial score (nSPS) is 10.8. The first-order valence-corrected chi connectivity index (χ1v) is 10.7. The number of carbonyl (C=O) groups excluding carboxylic acids is 1. The van der Waals surface area contributed by atoms with E-state index in [0.717, 1.165) is 23.8 Å². The van der Waals surface area contributed by atoms with E-state index in [4.69, 9.17) is 4.74 Å². The van der Waals surface area contributed by atoms with Crippen LogP contribution in [0.1, 0.15) is 30.1 Å². The summed E-state index contributed by atoms with van der Waals surface area (Å²) in [5.74, 6) is 0.326. The van der Waals surface area contributed by atoms with Gasteiger partial charge >= 0.3 is 0 Å². The number of unbranched alkanes of at least 4 members (excludes halogenated alkanes) is 1. The summed E-state index contributed by atoms with van der Waals surface area (Å²) in [5.41, 5.74) is 2.45. The Morgan fingerprint density at radius 3 is 2.62 bits per heavy atom. The molecule has 2 heterocycles. The van der Waals surface area contributed by atoms with Gasteiger partial charge in [-0.05, 0) is 48.4 Å². The molecule has 0 aliphatic carbocycles. The fourth-order valence-corrected chi connectivity index (χ4v) is 3.77. The van der Waals surface area contributed by atoms with Gasteiger partial charge in [0.15, 0.2) is 0 Å². The molecule has 2 aromatic heterocycles. The van der Waals surface area contributed by atoms with Crippen molar-refractivity contribution in [1.29, 1.82) is 0 Å². The predicted octanol–water partition coefficient (Wildman–Crippen LogP) is 5.12. The third-order valence-electron chi connectivity index (χ3n) is 5.39. The van der Waals surface area contributed by atoms with Gasteiger partial charge in [0.05, 0.1) is 7.11 Å². The average Bonchev–Trinajstić information content (AvgIpc) is 2.84. The van der Waals surface area contributed by atoms with Crippen molar-refractivity contribution in [2.24, 2.45) is 0 Å². The van der Waals surface area contributed by atoms with Gasteiger partial charge < -0.3 is 10.1 Å². The Morgan fingerprint density at radius 1 is 1.06 bits per heavy atom. The van der Waals surface area contributed by atoms with Crippen molar-refractivity contribution in [3.8, 4) is 16.9 Å². The number of nitrogens with zero attached hydrogens (tertiary/aromatic N) is 2. The van der Waals surface area contributed by atoms with Crippen molar-refractivity contribution in [3.05, 3.63) is 88.8 Å². The lowest BCUT2D eigenvalue weighted by Crippen LogP contribution is -2.28. The molecule has 0 atom stereocenters. The van der Waals surface area contributed by atoms with E-state index in [1.54, 1.807) is 42.1 Å². The number of aryl methyl sites for hydroxylation is 1. The number of amides is 1. The monoisotopic (exact) mass is 427 g/mol. The van der Waals surface area contributed by atoms with Gasteiger partial charge in [-0.3, -0.25) is 14.2 Å². The minimum absolute atomic E-state index is 0.240. The highest BCUT2D eigenvalue weighted by Gasteiger charge is 2.21. The van der Waals surface area contributed by atoms with Gasteiger partial charge in [0.1, 0.15) is 17.1 Å². The Balaban J connectivity index is 1.99.